The second-order valence-electron chi connectivity index (χ2n) is 5.78. The number of pyridine rings is 1. The van der Waals surface area contributed by atoms with Crippen molar-refractivity contribution in [2.75, 3.05) is 5.32 Å². The molecule has 0 aliphatic carbocycles. The highest BCUT2D eigenvalue weighted by molar-refractivity contribution is 6.05. The smallest absolute Gasteiger partial charge is 0.257 e. The molecule has 26 heavy (non-hydrogen) atoms. The third kappa shape index (κ3) is 3.58. The van der Waals surface area contributed by atoms with Gasteiger partial charge in [-0.05, 0) is 37.6 Å². The van der Waals surface area contributed by atoms with Crippen LogP contribution in [0.5, 0.6) is 0 Å². The molecule has 1 aromatic carbocycles. The van der Waals surface area contributed by atoms with Crippen molar-refractivity contribution >= 4 is 11.7 Å². The summed E-state index contributed by atoms with van der Waals surface area (Å²) < 4.78 is 31.9. The van der Waals surface area contributed by atoms with Crippen molar-refractivity contribution in [2.24, 2.45) is 0 Å². The first-order chi connectivity index (χ1) is 12.4. The first-order valence-electron chi connectivity index (χ1n) is 7.96. The van der Waals surface area contributed by atoms with Crippen molar-refractivity contribution in [1.82, 2.24) is 15.1 Å². The number of aromatic nitrogens is 3. The second-order valence-corrected chi connectivity index (χ2v) is 5.78. The number of hydrogen-bond acceptors (Lipinski definition) is 5. The lowest BCUT2D eigenvalue weighted by atomic mass is 10.1. The Morgan fingerprint density at radius 1 is 1.12 bits per heavy atom. The van der Waals surface area contributed by atoms with Crippen LogP contribution in [0.3, 0.4) is 0 Å². The molecule has 1 amide bonds. The Morgan fingerprint density at radius 3 is 2.42 bits per heavy atom. The van der Waals surface area contributed by atoms with E-state index in [2.05, 4.69) is 20.4 Å². The first-order valence-corrected chi connectivity index (χ1v) is 7.96. The average molecular weight is 358 g/mol. The van der Waals surface area contributed by atoms with Crippen LogP contribution < -0.4 is 5.32 Å². The van der Waals surface area contributed by atoms with Crippen LogP contribution in [0.15, 0.2) is 28.8 Å². The molecule has 0 aliphatic rings. The minimum absolute atomic E-state index is 0.156. The number of hydrogen-bond donors (Lipinski definition) is 1. The normalized spacial score (nSPS) is 10.8. The summed E-state index contributed by atoms with van der Waals surface area (Å²) in [6.45, 7) is 5.46. The van der Waals surface area contributed by atoms with Gasteiger partial charge >= 0.3 is 0 Å². The van der Waals surface area contributed by atoms with Gasteiger partial charge in [0, 0.05) is 23.7 Å². The fourth-order valence-electron chi connectivity index (χ4n) is 2.57. The standard InChI is InChI=1S/C18H16F2N4O2/c1-4-14-22-17(24-26-14)15-9(2)5-10(3)21-16(15)23-18(25)11-6-12(19)8-13(20)7-11/h5-8H,4H2,1-3H3,(H,21,23,25). The van der Waals surface area contributed by atoms with E-state index in [-0.39, 0.29) is 17.2 Å². The van der Waals surface area contributed by atoms with E-state index in [4.69, 9.17) is 4.52 Å². The van der Waals surface area contributed by atoms with Crippen molar-refractivity contribution in [3.8, 4) is 11.4 Å². The Kier molecular flexibility index (Phi) is 4.75. The van der Waals surface area contributed by atoms with Gasteiger partial charge in [0.05, 0.1) is 5.56 Å². The molecule has 0 saturated heterocycles. The maximum atomic E-state index is 13.4. The number of carbonyl (C=O) groups excluding carboxylic acids is 1. The highest BCUT2D eigenvalue weighted by Crippen LogP contribution is 2.29. The van der Waals surface area contributed by atoms with Crippen LogP contribution in [0, 0.1) is 25.5 Å². The molecule has 8 heteroatoms. The Balaban J connectivity index is 2.02. The van der Waals surface area contributed by atoms with Gasteiger partial charge in [-0.3, -0.25) is 4.79 Å². The number of benzene rings is 1. The van der Waals surface area contributed by atoms with E-state index in [1.807, 2.05) is 19.9 Å². The zero-order chi connectivity index (χ0) is 18.8. The van der Waals surface area contributed by atoms with Gasteiger partial charge in [-0.2, -0.15) is 4.98 Å². The van der Waals surface area contributed by atoms with Crippen LogP contribution in [0.1, 0.15) is 34.4 Å². The van der Waals surface area contributed by atoms with Gasteiger partial charge in [0.25, 0.3) is 5.91 Å². The summed E-state index contributed by atoms with van der Waals surface area (Å²) in [7, 11) is 0. The summed E-state index contributed by atoms with van der Waals surface area (Å²) in [6, 6.07) is 4.41. The fraction of sp³-hybridized carbons (Fsp3) is 0.222. The molecule has 0 aliphatic heterocycles. The van der Waals surface area contributed by atoms with Crippen molar-refractivity contribution in [2.45, 2.75) is 27.2 Å². The average Bonchev–Trinajstić information content (AvgIpc) is 3.02. The van der Waals surface area contributed by atoms with Gasteiger partial charge in [-0.25, -0.2) is 13.8 Å². The number of anilines is 1. The Labute approximate surface area is 148 Å². The van der Waals surface area contributed by atoms with Crippen LogP contribution in [-0.4, -0.2) is 21.0 Å². The largest absolute Gasteiger partial charge is 0.339 e. The summed E-state index contributed by atoms with van der Waals surface area (Å²) in [5.74, 6) is -1.44. The molecule has 2 aromatic heterocycles. The zero-order valence-electron chi connectivity index (χ0n) is 14.4. The highest BCUT2D eigenvalue weighted by atomic mass is 19.1. The summed E-state index contributed by atoms with van der Waals surface area (Å²) in [6.07, 6.45) is 0.565. The summed E-state index contributed by atoms with van der Waals surface area (Å²) in [5, 5.41) is 6.50. The van der Waals surface area contributed by atoms with E-state index in [9.17, 15) is 13.6 Å². The van der Waals surface area contributed by atoms with Crippen molar-refractivity contribution < 1.29 is 18.1 Å². The molecule has 0 fully saturated rings. The predicted molar refractivity (Wildman–Crippen MR) is 90.7 cm³/mol. The maximum Gasteiger partial charge on any atom is 0.257 e. The Hall–Kier alpha value is -3.16. The zero-order valence-corrected chi connectivity index (χ0v) is 14.4. The quantitative estimate of drug-likeness (QED) is 0.766. The molecule has 1 N–H and O–H groups in total. The van der Waals surface area contributed by atoms with Gasteiger partial charge < -0.3 is 9.84 Å². The second kappa shape index (κ2) is 6.99. The SMILES string of the molecule is CCc1nc(-c2c(C)cc(C)nc2NC(=O)c2cc(F)cc(F)c2)no1. The number of nitrogens with zero attached hydrogens (tertiary/aromatic N) is 3. The van der Waals surface area contributed by atoms with Crippen molar-refractivity contribution in [3.05, 3.63) is 58.6 Å². The van der Waals surface area contributed by atoms with E-state index in [0.717, 1.165) is 17.7 Å². The molecular formula is C18H16F2N4O2. The van der Waals surface area contributed by atoms with E-state index >= 15 is 0 Å². The third-order valence-electron chi connectivity index (χ3n) is 3.70. The van der Waals surface area contributed by atoms with Gasteiger partial charge in [0.2, 0.25) is 11.7 Å². The molecule has 134 valence electrons. The fourth-order valence-corrected chi connectivity index (χ4v) is 2.57. The monoisotopic (exact) mass is 358 g/mol. The summed E-state index contributed by atoms with van der Waals surface area (Å²) in [4.78, 5) is 21.0. The minimum atomic E-state index is -0.838. The lowest BCUT2D eigenvalue weighted by molar-refractivity contribution is 0.102. The number of rotatable bonds is 4. The van der Waals surface area contributed by atoms with Gasteiger partial charge in [0.15, 0.2) is 0 Å². The minimum Gasteiger partial charge on any atom is -0.339 e. The van der Waals surface area contributed by atoms with Gasteiger partial charge in [-0.15, -0.1) is 0 Å². The molecule has 6 nitrogen and oxygen atoms in total. The lowest BCUT2D eigenvalue weighted by Gasteiger charge is -2.12. The van der Waals surface area contributed by atoms with Crippen LogP contribution in [0.25, 0.3) is 11.4 Å². The number of nitrogens with one attached hydrogen (secondary N) is 1. The van der Waals surface area contributed by atoms with Crippen LogP contribution in [0.4, 0.5) is 14.6 Å². The van der Waals surface area contributed by atoms with E-state index < -0.39 is 17.5 Å². The van der Waals surface area contributed by atoms with Gasteiger partial charge in [-0.1, -0.05) is 12.1 Å². The highest BCUT2D eigenvalue weighted by Gasteiger charge is 2.19. The molecule has 3 rings (SSSR count). The topological polar surface area (TPSA) is 80.9 Å². The van der Waals surface area contributed by atoms with Gasteiger partial charge in [0.1, 0.15) is 17.5 Å². The van der Waals surface area contributed by atoms with E-state index in [1.54, 1.807) is 6.92 Å². The molecule has 0 atom stereocenters. The predicted octanol–water partition coefficient (Wildman–Crippen LogP) is 3.84. The molecule has 0 saturated carbocycles. The summed E-state index contributed by atoms with van der Waals surface area (Å²) >= 11 is 0. The van der Waals surface area contributed by atoms with Crippen molar-refractivity contribution in [1.29, 1.82) is 0 Å². The summed E-state index contributed by atoms with van der Waals surface area (Å²) in [5.41, 5.74) is 1.77. The molecular weight excluding hydrogens is 342 g/mol. The Morgan fingerprint density at radius 2 is 1.81 bits per heavy atom. The first kappa shape index (κ1) is 17.7. The number of aryl methyl sites for hydroxylation is 3. The van der Waals surface area contributed by atoms with E-state index in [0.29, 0.717) is 29.6 Å². The molecule has 3 aromatic rings. The molecule has 2 heterocycles. The van der Waals surface area contributed by atoms with Crippen molar-refractivity contribution in [3.63, 3.8) is 0 Å². The Bertz CT molecular complexity index is 965. The van der Waals surface area contributed by atoms with Crippen LogP contribution in [0.2, 0.25) is 0 Å². The number of amides is 1. The molecule has 0 bridgehead atoms. The third-order valence-corrected chi connectivity index (χ3v) is 3.70. The maximum absolute atomic E-state index is 13.4. The number of carbonyl (C=O) groups is 1. The van der Waals surface area contributed by atoms with E-state index in [1.165, 1.54) is 0 Å². The lowest BCUT2D eigenvalue weighted by Crippen LogP contribution is -2.15. The number of halogens is 2. The molecule has 0 spiro atoms. The van der Waals surface area contributed by atoms with Crippen LogP contribution in [-0.2, 0) is 6.42 Å². The molecule has 0 unspecified atom stereocenters. The van der Waals surface area contributed by atoms with Crippen LogP contribution >= 0.6 is 0 Å². The molecule has 0 radical (unpaired) electrons.